The maximum Gasteiger partial charge on any atom is 0.244 e. The minimum atomic E-state index is -3.48. The van der Waals surface area contributed by atoms with Crippen molar-refractivity contribution in [1.29, 1.82) is 0 Å². The normalized spacial score (nSPS) is 16.4. The number of amides is 1. The third kappa shape index (κ3) is 4.48. The van der Waals surface area contributed by atoms with Gasteiger partial charge in [0, 0.05) is 6.08 Å². The van der Waals surface area contributed by atoms with Crippen LogP contribution in [0.15, 0.2) is 59.5 Å². The molecule has 1 saturated carbocycles. The van der Waals surface area contributed by atoms with Crippen molar-refractivity contribution in [2.45, 2.75) is 36.1 Å². The molecule has 148 valence electrons. The van der Waals surface area contributed by atoms with E-state index in [1.807, 2.05) is 0 Å². The summed E-state index contributed by atoms with van der Waals surface area (Å²) in [7, 11) is -2.13. The van der Waals surface area contributed by atoms with Crippen LogP contribution in [0, 0.1) is 5.82 Å². The largest absolute Gasteiger partial charge is 0.343 e. The zero-order valence-electron chi connectivity index (χ0n) is 15.6. The van der Waals surface area contributed by atoms with Crippen LogP contribution < -0.4 is 10.0 Å². The molecule has 0 atom stereocenters. The third-order valence-electron chi connectivity index (χ3n) is 5.10. The van der Waals surface area contributed by atoms with Gasteiger partial charge in [0.05, 0.1) is 10.4 Å². The first-order valence-electron chi connectivity index (χ1n) is 9.15. The van der Waals surface area contributed by atoms with Crippen molar-refractivity contribution in [3.8, 4) is 0 Å². The molecule has 7 heteroatoms. The lowest BCUT2D eigenvalue weighted by atomic mass is 9.88. The second-order valence-electron chi connectivity index (χ2n) is 6.90. The van der Waals surface area contributed by atoms with Crippen molar-refractivity contribution in [2.75, 3.05) is 7.05 Å². The van der Waals surface area contributed by atoms with Crippen LogP contribution in [0.25, 0.3) is 6.08 Å². The van der Waals surface area contributed by atoms with Crippen LogP contribution in [0.1, 0.15) is 36.8 Å². The fourth-order valence-corrected chi connectivity index (χ4v) is 4.29. The van der Waals surface area contributed by atoms with Gasteiger partial charge in [-0.25, -0.2) is 17.5 Å². The first-order valence-corrected chi connectivity index (χ1v) is 10.6. The van der Waals surface area contributed by atoms with Crippen LogP contribution in [0.3, 0.4) is 0 Å². The highest BCUT2D eigenvalue weighted by Gasteiger charge is 2.36. The number of benzene rings is 2. The van der Waals surface area contributed by atoms with E-state index in [2.05, 4.69) is 10.0 Å². The minimum Gasteiger partial charge on any atom is -0.343 e. The average molecular weight is 402 g/mol. The highest BCUT2D eigenvalue weighted by molar-refractivity contribution is 7.89. The van der Waals surface area contributed by atoms with Gasteiger partial charge in [-0.05, 0) is 61.4 Å². The quantitative estimate of drug-likeness (QED) is 0.728. The van der Waals surface area contributed by atoms with Crippen LogP contribution in [0.5, 0.6) is 0 Å². The number of hydrogen-bond donors (Lipinski definition) is 2. The lowest BCUT2D eigenvalue weighted by molar-refractivity contribution is -0.118. The molecule has 1 aliphatic rings. The summed E-state index contributed by atoms with van der Waals surface area (Å²) >= 11 is 0. The van der Waals surface area contributed by atoms with Gasteiger partial charge in [-0.1, -0.05) is 37.1 Å². The van der Waals surface area contributed by atoms with Gasteiger partial charge in [0.2, 0.25) is 15.9 Å². The summed E-state index contributed by atoms with van der Waals surface area (Å²) in [6.07, 6.45) is 6.71. The molecule has 0 saturated heterocycles. The van der Waals surface area contributed by atoms with Crippen molar-refractivity contribution in [1.82, 2.24) is 10.0 Å². The molecule has 2 aromatic carbocycles. The summed E-state index contributed by atoms with van der Waals surface area (Å²) in [4.78, 5) is 12.7. The van der Waals surface area contributed by atoms with Crippen LogP contribution in [0.2, 0.25) is 0 Å². The van der Waals surface area contributed by atoms with E-state index in [0.717, 1.165) is 31.2 Å². The topological polar surface area (TPSA) is 75.3 Å². The number of carbonyl (C=O) groups is 1. The second kappa shape index (κ2) is 8.24. The molecule has 0 spiro atoms. The fraction of sp³-hybridized carbons (Fsp3) is 0.286. The molecule has 0 unspecified atom stereocenters. The smallest absolute Gasteiger partial charge is 0.244 e. The van der Waals surface area contributed by atoms with Crippen molar-refractivity contribution >= 4 is 22.0 Å². The molecule has 28 heavy (non-hydrogen) atoms. The summed E-state index contributed by atoms with van der Waals surface area (Å²) < 4.78 is 39.0. The van der Waals surface area contributed by atoms with E-state index in [-0.39, 0.29) is 16.6 Å². The zero-order chi connectivity index (χ0) is 20.2. The Balaban J connectivity index is 1.72. The van der Waals surface area contributed by atoms with Crippen molar-refractivity contribution in [3.05, 3.63) is 71.6 Å². The molecule has 2 N–H and O–H groups in total. The monoisotopic (exact) mass is 402 g/mol. The molecule has 0 aromatic heterocycles. The minimum absolute atomic E-state index is 0.165. The van der Waals surface area contributed by atoms with E-state index in [0.29, 0.717) is 5.56 Å². The van der Waals surface area contributed by atoms with E-state index in [1.165, 1.54) is 37.4 Å². The molecule has 0 bridgehead atoms. The maximum absolute atomic E-state index is 13.3. The Morgan fingerprint density at radius 3 is 2.21 bits per heavy atom. The van der Waals surface area contributed by atoms with E-state index >= 15 is 0 Å². The highest BCUT2D eigenvalue weighted by atomic mass is 32.2. The Morgan fingerprint density at radius 1 is 1.04 bits per heavy atom. The SMILES string of the molecule is CNS(=O)(=O)c1ccc(C=CC(=O)NC2(c3ccc(F)cc3)CCCC2)cc1. The predicted octanol–water partition coefficient (Wildman–Crippen LogP) is 3.33. The Morgan fingerprint density at radius 2 is 1.64 bits per heavy atom. The van der Waals surface area contributed by atoms with Crippen molar-refractivity contribution in [3.63, 3.8) is 0 Å². The van der Waals surface area contributed by atoms with Gasteiger partial charge in [-0.3, -0.25) is 4.79 Å². The Bertz CT molecular complexity index is 962. The fourth-order valence-electron chi connectivity index (χ4n) is 3.56. The Kier molecular flexibility index (Phi) is 5.96. The molecule has 1 amide bonds. The number of halogens is 1. The summed E-state index contributed by atoms with van der Waals surface area (Å²) in [6.45, 7) is 0. The van der Waals surface area contributed by atoms with Crippen LogP contribution in [-0.2, 0) is 20.4 Å². The maximum atomic E-state index is 13.3. The van der Waals surface area contributed by atoms with E-state index in [9.17, 15) is 17.6 Å². The van der Waals surface area contributed by atoms with Gasteiger partial charge < -0.3 is 5.32 Å². The molecular weight excluding hydrogens is 379 g/mol. The van der Waals surface area contributed by atoms with E-state index in [4.69, 9.17) is 0 Å². The molecule has 2 aromatic rings. The van der Waals surface area contributed by atoms with Gasteiger partial charge >= 0.3 is 0 Å². The summed E-state index contributed by atoms with van der Waals surface area (Å²) in [5.74, 6) is -0.537. The lowest BCUT2D eigenvalue weighted by Crippen LogP contribution is -2.43. The zero-order valence-corrected chi connectivity index (χ0v) is 16.4. The average Bonchev–Trinajstić information content (AvgIpc) is 3.16. The first-order chi connectivity index (χ1) is 13.3. The molecular formula is C21H23FN2O3S. The number of rotatable bonds is 6. The molecule has 0 radical (unpaired) electrons. The molecule has 0 heterocycles. The van der Waals surface area contributed by atoms with Crippen LogP contribution in [0.4, 0.5) is 4.39 Å². The lowest BCUT2D eigenvalue weighted by Gasteiger charge is -2.30. The Labute approximate surface area is 164 Å². The molecule has 5 nitrogen and oxygen atoms in total. The molecule has 1 aliphatic carbocycles. The first kappa shape index (κ1) is 20.2. The van der Waals surface area contributed by atoms with Gasteiger partial charge in [0.1, 0.15) is 5.82 Å². The number of hydrogen-bond acceptors (Lipinski definition) is 3. The Hall–Kier alpha value is -2.51. The third-order valence-corrected chi connectivity index (χ3v) is 6.53. The standard InChI is InChI=1S/C21H23FN2O3S/c1-23-28(26,27)19-11-4-16(5-12-19)6-13-20(25)24-21(14-2-3-15-21)17-7-9-18(22)10-8-17/h4-13,23H,2-3,14-15H2,1H3,(H,24,25). The van der Waals surface area contributed by atoms with Crippen molar-refractivity contribution < 1.29 is 17.6 Å². The van der Waals surface area contributed by atoms with E-state index < -0.39 is 15.6 Å². The molecule has 3 rings (SSSR count). The predicted molar refractivity (Wildman–Crippen MR) is 106 cm³/mol. The van der Waals surface area contributed by atoms with E-state index in [1.54, 1.807) is 30.3 Å². The number of carbonyl (C=O) groups excluding carboxylic acids is 1. The van der Waals surface area contributed by atoms with Crippen LogP contribution >= 0.6 is 0 Å². The summed E-state index contributed by atoms with van der Waals surface area (Å²) in [5, 5.41) is 3.09. The van der Waals surface area contributed by atoms with Gasteiger partial charge in [-0.2, -0.15) is 0 Å². The molecule has 0 aliphatic heterocycles. The van der Waals surface area contributed by atoms with Gasteiger partial charge in [-0.15, -0.1) is 0 Å². The summed E-state index contributed by atoms with van der Waals surface area (Å²) in [5.41, 5.74) is 1.15. The van der Waals surface area contributed by atoms with Gasteiger partial charge in [0.25, 0.3) is 0 Å². The number of nitrogens with one attached hydrogen (secondary N) is 2. The summed E-state index contributed by atoms with van der Waals surface area (Å²) in [6, 6.07) is 12.5. The van der Waals surface area contributed by atoms with Crippen LogP contribution in [-0.4, -0.2) is 21.4 Å². The van der Waals surface area contributed by atoms with Gasteiger partial charge in [0.15, 0.2) is 0 Å². The second-order valence-corrected chi connectivity index (χ2v) is 8.78. The highest BCUT2D eigenvalue weighted by Crippen LogP contribution is 2.38. The molecule has 1 fully saturated rings. The van der Waals surface area contributed by atoms with Crippen molar-refractivity contribution in [2.24, 2.45) is 0 Å². The number of sulfonamides is 1.